The van der Waals surface area contributed by atoms with E-state index >= 15 is 0 Å². The van der Waals surface area contributed by atoms with Crippen LogP contribution < -0.4 is 14.8 Å². The number of rotatable bonds is 9. The molecule has 0 bridgehead atoms. The lowest BCUT2D eigenvalue weighted by molar-refractivity contribution is -0.384. The number of ether oxygens (including phenoxy) is 1. The first kappa shape index (κ1) is 18.7. The largest absolute Gasteiger partial charge is 0.494 e. The minimum Gasteiger partial charge on any atom is -0.494 e. The van der Waals surface area contributed by atoms with Gasteiger partial charge in [0.15, 0.2) is 0 Å². The van der Waals surface area contributed by atoms with Crippen molar-refractivity contribution in [3.63, 3.8) is 0 Å². The Hall–Kier alpha value is -2.65. The zero-order valence-electron chi connectivity index (χ0n) is 13.6. The Morgan fingerprint density at radius 2 is 1.76 bits per heavy atom. The summed E-state index contributed by atoms with van der Waals surface area (Å²) in [6.45, 7) is 2.64. The molecule has 0 radical (unpaired) electrons. The quantitative estimate of drug-likeness (QED) is 0.401. The third kappa shape index (κ3) is 5.16. The van der Waals surface area contributed by atoms with Gasteiger partial charge in [0.25, 0.3) is 5.69 Å². The number of hydrogen-bond acceptors (Lipinski definition) is 6. The van der Waals surface area contributed by atoms with Crippen LogP contribution >= 0.6 is 0 Å². The SMILES string of the molecule is CCOc1ccc(S(=O)(=O)NCCNc2ccccc2[N+](=O)[O-])cc1. The van der Waals surface area contributed by atoms with Crippen molar-refractivity contribution in [1.82, 2.24) is 4.72 Å². The van der Waals surface area contributed by atoms with Gasteiger partial charge in [0.2, 0.25) is 10.0 Å². The molecular formula is C16H19N3O5S. The van der Waals surface area contributed by atoms with Gasteiger partial charge in [-0.05, 0) is 37.3 Å². The van der Waals surface area contributed by atoms with Crippen molar-refractivity contribution in [1.29, 1.82) is 0 Å². The number of nitrogens with zero attached hydrogens (tertiary/aromatic N) is 1. The van der Waals surface area contributed by atoms with E-state index < -0.39 is 14.9 Å². The van der Waals surface area contributed by atoms with Crippen LogP contribution in [0.3, 0.4) is 0 Å². The van der Waals surface area contributed by atoms with E-state index in [9.17, 15) is 18.5 Å². The predicted octanol–water partition coefficient (Wildman–Crippen LogP) is 2.38. The van der Waals surface area contributed by atoms with Crippen LogP contribution in [0, 0.1) is 10.1 Å². The maximum absolute atomic E-state index is 12.2. The molecule has 8 nitrogen and oxygen atoms in total. The molecule has 0 heterocycles. The number of para-hydroxylation sites is 2. The third-order valence-electron chi connectivity index (χ3n) is 3.28. The smallest absolute Gasteiger partial charge is 0.292 e. The van der Waals surface area contributed by atoms with Crippen LogP contribution in [0.15, 0.2) is 53.4 Å². The number of nitro benzene ring substituents is 1. The highest BCUT2D eigenvalue weighted by Crippen LogP contribution is 2.22. The number of sulfonamides is 1. The van der Waals surface area contributed by atoms with Crippen molar-refractivity contribution >= 4 is 21.4 Å². The normalized spacial score (nSPS) is 11.1. The average molecular weight is 365 g/mol. The first-order chi connectivity index (χ1) is 11.9. The molecule has 0 amide bonds. The topological polar surface area (TPSA) is 111 Å². The molecule has 2 rings (SSSR count). The summed E-state index contributed by atoms with van der Waals surface area (Å²) in [6, 6.07) is 12.3. The van der Waals surface area contributed by atoms with Gasteiger partial charge in [-0.1, -0.05) is 12.1 Å². The van der Waals surface area contributed by atoms with Gasteiger partial charge in [0, 0.05) is 19.2 Å². The number of anilines is 1. The molecule has 134 valence electrons. The van der Waals surface area contributed by atoms with Crippen molar-refractivity contribution in [2.75, 3.05) is 25.0 Å². The molecule has 0 aliphatic heterocycles. The lowest BCUT2D eigenvalue weighted by Gasteiger charge is -2.10. The van der Waals surface area contributed by atoms with Crippen molar-refractivity contribution in [3.8, 4) is 5.75 Å². The fourth-order valence-corrected chi connectivity index (χ4v) is 3.16. The van der Waals surface area contributed by atoms with E-state index in [2.05, 4.69) is 10.0 Å². The van der Waals surface area contributed by atoms with Crippen molar-refractivity contribution in [2.45, 2.75) is 11.8 Å². The Bertz CT molecular complexity index is 822. The maximum atomic E-state index is 12.2. The van der Waals surface area contributed by atoms with Crippen LogP contribution in [0.4, 0.5) is 11.4 Å². The first-order valence-electron chi connectivity index (χ1n) is 7.64. The molecule has 0 aliphatic rings. The number of nitrogens with one attached hydrogen (secondary N) is 2. The Labute approximate surface area is 146 Å². The minimum absolute atomic E-state index is 0.0585. The second-order valence-electron chi connectivity index (χ2n) is 5.00. The van der Waals surface area contributed by atoms with Gasteiger partial charge >= 0.3 is 0 Å². The molecule has 0 aliphatic carbocycles. The molecule has 0 fully saturated rings. The highest BCUT2D eigenvalue weighted by Gasteiger charge is 2.14. The van der Waals surface area contributed by atoms with Crippen LogP contribution in [-0.2, 0) is 10.0 Å². The Morgan fingerprint density at radius 3 is 2.40 bits per heavy atom. The van der Waals surface area contributed by atoms with E-state index in [1.165, 1.54) is 18.2 Å². The molecule has 2 aromatic rings. The fraction of sp³-hybridized carbons (Fsp3) is 0.250. The Morgan fingerprint density at radius 1 is 1.08 bits per heavy atom. The maximum Gasteiger partial charge on any atom is 0.292 e. The number of benzene rings is 2. The van der Waals surface area contributed by atoms with E-state index in [-0.39, 0.29) is 23.7 Å². The molecule has 0 spiro atoms. The van der Waals surface area contributed by atoms with E-state index in [0.717, 1.165) is 0 Å². The summed E-state index contributed by atoms with van der Waals surface area (Å²) in [7, 11) is -3.65. The van der Waals surface area contributed by atoms with Gasteiger partial charge < -0.3 is 10.1 Å². The highest BCUT2D eigenvalue weighted by molar-refractivity contribution is 7.89. The summed E-state index contributed by atoms with van der Waals surface area (Å²) in [5.74, 6) is 0.597. The first-order valence-corrected chi connectivity index (χ1v) is 9.12. The summed E-state index contributed by atoms with van der Waals surface area (Å²) in [4.78, 5) is 10.5. The van der Waals surface area contributed by atoms with Crippen LogP contribution in [0.1, 0.15) is 6.92 Å². The standard InChI is InChI=1S/C16H19N3O5S/c1-2-24-13-7-9-14(10-8-13)25(22,23)18-12-11-17-15-5-3-4-6-16(15)19(20)21/h3-10,17-18H,2,11-12H2,1H3. The van der Waals surface area contributed by atoms with E-state index in [4.69, 9.17) is 4.74 Å². The van der Waals surface area contributed by atoms with Crippen molar-refractivity contribution in [3.05, 3.63) is 58.6 Å². The average Bonchev–Trinajstić information content (AvgIpc) is 2.60. The van der Waals surface area contributed by atoms with Crippen LogP contribution in [0.2, 0.25) is 0 Å². The summed E-state index contributed by atoms with van der Waals surface area (Å²) >= 11 is 0. The Kier molecular flexibility index (Phi) is 6.31. The van der Waals surface area contributed by atoms with Crippen LogP contribution in [0.25, 0.3) is 0 Å². The number of nitro groups is 1. The zero-order chi connectivity index (χ0) is 18.3. The van der Waals surface area contributed by atoms with E-state index in [1.807, 2.05) is 6.92 Å². The zero-order valence-corrected chi connectivity index (χ0v) is 14.5. The van der Waals surface area contributed by atoms with E-state index in [0.29, 0.717) is 18.0 Å². The van der Waals surface area contributed by atoms with Crippen LogP contribution in [-0.4, -0.2) is 33.0 Å². The van der Waals surface area contributed by atoms with Gasteiger partial charge in [-0.3, -0.25) is 10.1 Å². The molecule has 0 saturated heterocycles. The third-order valence-corrected chi connectivity index (χ3v) is 4.76. The summed E-state index contributed by atoms with van der Waals surface area (Å²) in [5, 5.41) is 13.8. The van der Waals surface area contributed by atoms with Crippen molar-refractivity contribution < 1.29 is 18.1 Å². The lowest BCUT2D eigenvalue weighted by atomic mass is 10.2. The van der Waals surface area contributed by atoms with Gasteiger partial charge in [0.05, 0.1) is 16.4 Å². The minimum atomic E-state index is -3.65. The molecule has 9 heteroatoms. The Balaban J connectivity index is 1.91. The molecule has 0 aromatic heterocycles. The fourth-order valence-electron chi connectivity index (χ4n) is 2.13. The van der Waals surface area contributed by atoms with Crippen molar-refractivity contribution in [2.24, 2.45) is 0 Å². The van der Waals surface area contributed by atoms with E-state index in [1.54, 1.807) is 30.3 Å². The summed E-state index contributed by atoms with van der Waals surface area (Å²) in [6.07, 6.45) is 0. The molecule has 0 atom stereocenters. The highest BCUT2D eigenvalue weighted by atomic mass is 32.2. The van der Waals surface area contributed by atoms with Gasteiger partial charge in [0.1, 0.15) is 11.4 Å². The summed E-state index contributed by atoms with van der Waals surface area (Å²) < 4.78 is 32.1. The number of hydrogen-bond donors (Lipinski definition) is 2. The predicted molar refractivity (Wildman–Crippen MR) is 94.4 cm³/mol. The molecule has 25 heavy (non-hydrogen) atoms. The van der Waals surface area contributed by atoms with Crippen LogP contribution in [0.5, 0.6) is 5.75 Å². The van der Waals surface area contributed by atoms with Gasteiger partial charge in [-0.15, -0.1) is 0 Å². The molecule has 2 N–H and O–H groups in total. The second kappa shape index (κ2) is 8.45. The summed E-state index contributed by atoms with van der Waals surface area (Å²) in [5.41, 5.74) is 0.282. The molecule has 0 unspecified atom stereocenters. The second-order valence-corrected chi connectivity index (χ2v) is 6.77. The molecular weight excluding hydrogens is 346 g/mol. The lowest BCUT2D eigenvalue weighted by Crippen LogP contribution is -2.29. The molecule has 2 aromatic carbocycles. The monoisotopic (exact) mass is 365 g/mol. The molecule has 0 saturated carbocycles. The van der Waals surface area contributed by atoms with Gasteiger partial charge in [-0.25, -0.2) is 13.1 Å². The van der Waals surface area contributed by atoms with Gasteiger partial charge in [-0.2, -0.15) is 0 Å².